The van der Waals surface area contributed by atoms with Gasteiger partial charge < -0.3 is 5.73 Å². The lowest BCUT2D eigenvalue weighted by Crippen LogP contribution is -2.44. The Morgan fingerprint density at radius 3 is 2.71 bits per heavy atom. The van der Waals surface area contributed by atoms with Crippen LogP contribution in [-0.4, -0.2) is 10.5 Å². The number of nitrogens with zero attached hydrogens (tertiary/aromatic N) is 1. The molecule has 1 aromatic heterocycles. The van der Waals surface area contributed by atoms with E-state index in [2.05, 4.69) is 31.1 Å². The highest BCUT2D eigenvalue weighted by atomic mass is 32.1. The lowest BCUT2D eigenvalue weighted by Gasteiger charge is -2.30. The fraction of sp³-hybridized carbons (Fsp3) is 0.727. The summed E-state index contributed by atoms with van der Waals surface area (Å²) in [7, 11) is 0. The second kappa shape index (κ2) is 4.41. The molecule has 0 saturated heterocycles. The van der Waals surface area contributed by atoms with Crippen LogP contribution in [0.1, 0.15) is 37.9 Å². The predicted molar refractivity (Wildman–Crippen MR) is 62.6 cm³/mol. The van der Waals surface area contributed by atoms with E-state index in [0.29, 0.717) is 5.92 Å². The van der Waals surface area contributed by atoms with E-state index in [-0.39, 0.29) is 5.54 Å². The molecule has 1 aromatic rings. The van der Waals surface area contributed by atoms with Gasteiger partial charge in [0.05, 0.1) is 5.01 Å². The average molecular weight is 212 g/mol. The van der Waals surface area contributed by atoms with Gasteiger partial charge in [0.2, 0.25) is 0 Å². The molecular weight excluding hydrogens is 192 g/mol. The van der Waals surface area contributed by atoms with E-state index in [1.54, 1.807) is 11.3 Å². The van der Waals surface area contributed by atoms with E-state index in [1.807, 2.05) is 6.92 Å². The summed E-state index contributed by atoms with van der Waals surface area (Å²) in [6, 6.07) is 0. The Kier molecular flexibility index (Phi) is 3.67. The molecule has 0 bridgehead atoms. The van der Waals surface area contributed by atoms with Crippen LogP contribution < -0.4 is 5.73 Å². The molecule has 3 heteroatoms. The zero-order valence-electron chi connectivity index (χ0n) is 9.50. The molecule has 1 rings (SSSR count). The minimum atomic E-state index is -0.126. The predicted octanol–water partition coefficient (Wildman–Crippen LogP) is 2.76. The first-order chi connectivity index (χ1) is 6.45. The largest absolute Gasteiger partial charge is 0.325 e. The lowest BCUT2D eigenvalue weighted by molar-refractivity contribution is 0.306. The van der Waals surface area contributed by atoms with Gasteiger partial charge in [-0.05, 0) is 19.8 Å². The molecule has 0 aromatic carbocycles. The zero-order valence-corrected chi connectivity index (χ0v) is 10.3. The molecule has 14 heavy (non-hydrogen) atoms. The van der Waals surface area contributed by atoms with Gasteiger partial charge in [0.25, 0.3) is 0 Å². The summed E-state index contributed by atoms with van der Waals surface area (Å²) in [5.41, 5.74) is 7.25. The van der Waals surface area contributed by atoms with Crippen molar-refractivity contribution in [3.63, 3.8) is 0 Å². The van der Waals surface area contributed by atoms with Gasteiger partial charge in [-0.2, -0.15) is 0 Å². The van der Waals surface area contributed by atoms with Crippen LogP contribution >= 0.6 is 11.3 Å². The van der Waals surface area contributed by atoms with Crippen LogP contribution in [0.4, 0.5) is 0 Å². The molecule has 0 aliphatic carbocycles. The lowest BCUT2D eigenvalue weighted by atomic mass is 9.83. The zero-order chi connectivity index (χ0) is 10.8. The molecule has 0 amide bonds. The Bertz CT molecular complexity index is 291. The number of hydrogen-bond donors (Lipinski definition) is 1. The van der Waals surface area contributed by atoms with Crippen molar-refractivity contribution < 1.29 is 0 Å². The molecular formula is C11H20N2S. The van der Waals surface area contributed by atoms with Crippen molar-refractivity contribution in [1.29, 1.82) is 0 Å². The Balaban J connectivity index is 2.67. The number of nitrogens with two attached hydrogens (primary N) is 1. The van der Waals surface area contributed by atoms with E-state index in [1.165, 1.54) is 0 Å². The van der Waals surface area contributed by atoms with Crippen molar-refractivity contribution in [1.82, 2.24) is 4.98 Å². The summed E-state index contributed by atoms with van der Waals surface area (Å²) < 4.78 is 0. The van der Waals surface area contributed by atoms with Crippen molar-refractivity contribution in [2.45, 2.75) is 46.1 Å². The van der Waals surface area contributed by atoms with E-state index < -0.39 is 0 Å². The van der Waals surface area contributed by atoms with E-state index >= 15 is 0 Å². The van der Waals surface area contributed by atoms with Gasteiger partial charge in [-0.1, -0.05) is 20.3 Å². The first kappa shape index (κ1) is 11.7. The molecule has 0 saturated carbocycles. The van der Waals surface area contributed by atoms with Gasteiger partial charge >= 0.3 is 0 Å². The van der Waals surface area contributed by atoms with Gasteiger partial charge in [-0.15, -0.1) is 11.3 Å². The molecule has 0 radical (unpaired) electrons. The van der Waals surface area contributed by atoms with Crippen LogP contribution in [0.25, 0.3) is 0 Å². The second-order valence-electron chi connectivity index (χ2n) is 4.37. The molecule has 0 aliphatic heterocycles. The number of aryl methyl sites for hydroxylation is 1. The van der Waals surface area contributed by atoms with Gasteiger partial charge in [-0.25, -0.2) is 4.98 Å². The molecule has 2 nitrogen and oxygen atoms in total. The van der Waals surface area contributed by atoms with Crippen molar-refractivity contribution in [2.24, 2.45) is 11.7 Å². The SMILES string of the molecule is CCC(C)C(C)(N)Cc1nc(C)cs1. The molecule has 2 N–H and O–H groups in total. The number of thiazole rings is 1. The maximum absolute atomic E-state index is 6.28. The fourth-order valence-electron chi connectivity index (χ4n) is 1.45. The van der Waals surface area contributed by atoms with Crippen LogP contribution in [0.5, 0.6) is 0 Å². The Morgan fingerprint density at radius 1 is 1.64 bits per heavy atom. The third-order valence-electron chi connectivity index (χ3n) is 2.94. The Morgan fingerprint density at radius 2 is 2.29 bits per heavy atom. The van der Waals surface area contributed by atoms with Crippen LogP contribution in [0.15, 0.2) is 5.38 Å². The number of hydrogen-bond acceptors (Lipinski definition) is 3. The van der Waals surface area contributed by atoms with Crippen molar-refractivity contribution in [3.05, 3.63) is 16.1 Å². The monoisotopic (exact) mass is 212 g/mol. The third kappa shape index (κ3) is 2.79. The van der Waals surface area contributed by atoms with E-state index in [9.17, 15) is 0 Å². The molecule has 0 fully saturated rings. The van der Waals surface area contributed by atoms with Gasteiger partial charge in [0, 0.05) is 23.0 Å². The molecule has 2 atom stereocenters. The highest BCUT2D eigenvalue weighted by Gasteiger charge is 2.26. The maximum Gasteiger partial charge on any atom is 0.0946 e. The van der Waals surface area contributed by atoms with E-state index in [0.717, 1.165) is 23.5 Å². The molecule has 1 heterocycles. The van der Waals surface area contributed by atoms with Crippen LogP contribution in [-0.2, 0) is 6.42 Å². The standard InChI is InChI=1S/C11H20N2S/c1-5-8(2)11(4,12)6-10-13-9(3)7-14-10/h7-8H,5-6,12H2,1-4H3. The topological polar surface area (TPSA) is 38.9 Å². The van der Waals surface area contributed by atoms with E-state index in [4.69, 9.17) is 5.73 Å². The smallest absolute Gasteiger partial charge is 0.0946 e. The van der Waals surface area contributed by atoms with Crippen LogP contribution in [0, 0.1) is 12.8 Å². The molecule has 0 spiro atoms. The van der Waals surface area contributed by atoms with Crippen molar-refractivity contribution in [3.8, 4) is 0 Å². The number of rotatable bonds is 4. The summed E-state index contributed by atoms with van der Waals surface area (Å²) in [6.07, 6.45) is 2.01. The summed E-state index contributed by atoms with van der Waals surface area (Å²) in [5.74, 6) is 0.534. The Hall–Kier alpha value is -0.410. The minimum Gasteiger partial charge on any atom is -0.325 e. The normalized spacial score (nSPS) is 17.8. The average Bonchev–Trinajstić information content (AvgIpc) is 2.48. The van der Waals surface area contributed by atoms with Gasteiger partial charge in [-0.3, -0.25) is 0 Å². The van der Waals surface area contributed by atoms with Crippen LogP contribution in [0.3, 0.4) is 0 Å². The quantitative estimate of drug-likeness (QED) is 0.833. The minimum absolute atomic E-state index is 0.126. The van der Waals surface area contributed by atoms with Gasteiger partial charge in [0.15, 0.2) is 0 Å². The second-order valence-corrected chi connectivity index (χ2v) is 5.32. The summed E-state index contributed by atoms with van der Waals surface area (Å²) in [6.45, 7) is 8.54. The third-order valence-corrected chi connectivity index (χ3v) is 3.90. The Labute approximate surface area is 90.6 Å². The van der Waals surface area contributed by atoms with Crippen molar-refractivity contribution in [2.75, 3.05) is 0 Å². The molecule has 0 aliphatic rings. The highest BCUT2D eigenvalue weighted by molar-refractivity contribution is 7.09. The molecule has 80 valence electrons. The highest BCUT2D eigenvalue weighted by Crippen LogP contribution is 2.23. The molecule has 2 unspecified atom stereocenters. The van der Waals surface area contributed by atoms with Crippen molar-refractivity contribution >= 4 is 11.3 Å². The fourth-order valence-corrected chi connectivity index (χ4v) is 2.40. The summed E-state index contributed by atoms with van der Waals surface area (Å²) >= 11 is 1.71. The first-order valence-corrected chi connectivity index (χ1v) is 6.03. The summed E-state index contributed by atoms with van der Waals surface area (Å²) in [5, 5.41) is 3.25. The summed E-state index contributed by atoms with van der Waals surface area (Å²) in [4.78, 5) is 4.45. The first-order valence-electron chi connectivity index (χ1n) is 5.15. The number of aromatic nitrogens is 1. The van der Waals surface area contributed by atoms with Gasteiger partial charge in [0.1, 0.15) is 0 Å². The van der Waals surface area contributed by atoms with Crippen LogP contribution in [0.2, 0.25) is 0 Å². The maximum atomic E-state index is 6.28.